The number of carbonyl (C=O) groups excluding carboxylic acids is 1. The van der Waals surface area contributed by atoms with Gasteiger partial charge in [-0.2, -0.15) is 0 Å². The van der Waals surface area contributed by atoms with E-state index in [1.807, 2.05) is 57.2 Å². The van der Waals surface area contributed by atoms with Crippen molar-refractivity contribution < 1.29 is 23.7 Å². The first-order valence-electron chi connectivity index (χ1n) is 18.3. The van der Waals surface area contributed by atoms with Crippen molar-refractivity contribution in [1.82, 2.24) is 5.32 Å². The van der Waals surface area contributed by atoms with Crippen LogP contribution >= 0.6 is 31.9 Å². The number of benzene rings is 5. The van der Waals surface area contributed by atoms with Gasteiger partial charge in [0.15, 0.2) is 0 Å². The third-order valence-electron chi connectivity index (χ3n) is 9.28. The Bertz CT molecular complexity index is 1940. The molecule has 5 aromatic carbocycles. The summed E-state index contributed by atoms with van der Waals surface area (Å²) in [7, 11) is 0. The maximum absolute atomic E-state index is 12.0. The number of hydrogen-bond acceptors (Lipinski definition) is 5. The van der Waals surface area contributed by atoms with Gasteiger partial charge in [0.2, 0.25) is 0 Å². The van der Waals surface area contributed by atoms with Gasteiger partial charge in [0.05, 0.1) is 12.0 Å². The van der Waals surface area contributed by atoms with Crippen molar-refractivity contribution in [2.24, 2.45) is 0 Å². The van der Waals surface area contributed by atoms with Crippen molar-refractivity contribution in [3.63, 3.8) is 0 Å². The van der Waals surface area contributed by atoms with Gasteiger partial charge < -0.3 is 24.3 Å². The molecule has 276 valence electrons. The maximum atomic E-state index is 12.0. The largest absolute Gasteiger partial charge is 0.494 e. The summed E-state index contributed by atoms with van der Waals surface area (Å²) >= 11 is 7.57. The summed E-state index contributed by atoms with van der Waals surface area (Å²) in [5.74, 6) is 2.39. The van der Waals surface area contributed by atoms with Gasteiger partial charge in [-0.05, 0) is 127 Å². The minimum atomic E-state index is -0.561. The van der Waals surface area contributed by atoms with Crippen LogP contribution in [-0.2, 0) is 16.7 Å². The minimum Gasteiger partial charge on any atom is -0.494 e. The molecule has 0 spiro atoms. The van der Waals surface area contributed by atoms with E-state index in [2.05, 4.69) is 117 Å². The van der Waals surface area contributed by atoms with Crippen LogP contribution in [0, 0.1) is 0 Å². The van der Waals surface area contributed by atoms with Crippen molar-refractivity contribution in [3.8, 4) is 28.4 Å². The number of amides is 1. The zero-order valence-corrected chi connectivity index (χ0v) is 34.0. The van der Waals surface area contributed by atoms with E-state index in [4.69, 9.17) is 18.9 Å². The van der Waals surface area contributed by atoms with Gasteiger partial charge in [-0.3, -0.25) is 0 Å². The van der Waals surface area contributed by atoms with Crippen LogP contribution in [0.25, 0.3) is 11.1 Å². The highest BCUT2D eigenvalue weighted by molar-refractivity contribution is 9.10. The number of halogens is 2. The van der Waals surface area contributed by atoms with Gasteiger partial charge in [0.1, 0.15) is 36.1 Å². The summed E-state index contributed by atoms with van der Waals surface area (Å²) in [5, 5.41) is 2.78. The molecule has 0 unspecified atom stereocenters. The van der Waals surface area contributed by atoms with E-state index in [9.17, 15) is 4.79 Å². The number of hydrogen-bond donors (Lipinski definition) is 1. The average Bonchev–Trinajstić information content (AvgIpc) is 3.42. The van der Waals surface area contributed by atoms with E-state index >= 15 is 0 Å². The van der Waals surface area contributed by atoms with Crippen LogP contribution in [0.3, 0.4) is 0 Å². The predicted molar refractivity (Wildman–Crippen MR) is 219 cm³/mol. The molecule has 1 N–H and O–H groups in total. The van der Waals surface area contributed by atoms with Gasteiger partial charge in [-0.15, -0.1) is 0 Å². The van der Waals surface area contributed by atoms with Crippen molar-refractivity contribution >= 4 is 38.0 Å². The quantitative estimate of drug-likeness (QED) is 0.104. The predicted octanol–water partition coefficient (Wildman–Crippen LogP) is 12.0. The highest BCUT2D eigenvalue weighted by Gasteiger charge is 2.46. The third kappa shape index (κ3) is 9.28. The van der Waals surface area contributed by atoms with E-state index in [1.54, 1.807) is 0 Å². The van der Waals surface area contributed by atoms with E-state index in [0.717, 1.165) is 50.3 Å². The lowest BCUT2D eigenvalue weighted by Crippen LogP contribution is -2.32. The molecule has 0 bridgehead atoms. The molecule has 0 aromatic heterocycles. The van der Waals surface area contributed by atoms with E-state index in [1.165, 1.54) is 47.1 Å². The number of nitrogens with one attached hydrogen (secondary N) is 1. The van der Waals surface area contributed by atoms with Crippen LogP contribution in [-0.4, -0.2) is 31.5 Å². The van der Waals surface area contributed by atoms with E-state index < -0.39 is 17.1 Å². The Hall–Kier alpha value is -4.27. The van der Waals surface area contributed by atoms with Crippen LogP contribution in [0.5, 0.6) is 17.2 Å². The SMILES string of the molecule is CCCCCCOc1ccc(C2(c3ccc(OCCOc4ccc(CNC(=O)OC(C)(C)C)cc4)cc3)c3cc(Br)ccc3-c3ccc(Br)cc32)cc1. The van der Waals surface area contributed by atoms with Crippen LogP contribution in [0.1, 0.15) is 81.2 Å². The summed E-state index contributed by atoms with van der Waals surface area (Å²) < 4.78 is 25.6. The molecule has 0 fully saturated rings. The zero-order chi connectivity index (χ0) is 37.4. The second-order valence-corrected chi connectivity index (χ2v) is 16.1. The molecule has 1 aliphatic carbocycles. The molecule has 1 amide bonds. The number of fused-ring (bicyclic) bond motifs is 3. The molecule has 0 saturated heterocycles. The Balaban J connectivity index is 1.17. The Morgan fingerprint density at radius 2 is 1.09 bits per heavy atom. The van der Waals surface area contributed by atoms with Gasteiger partial charge in [0, 0.05) is 15.5 Å². The van der Waals surface area contributed by atoms with Gasteiger partial charge in [0.25, 0.3) is 0 Å². The lowest BCUT2D eigenvalue weighted by atomic mass is 9.67. The van der Waals surface area contributed by atoms with Crippen LogP contribution < -0.4 is 19.5 Å². The molecule has 0 radical (unpaired) electrons. The highest BCUT2D eigenvalue weighted by atomic mass is 79.9. The summed E-state index contributed by atoms with van der Waals surface area (Å²) in [6.07, 6.45) is 4.26. The van der Waals surface area contributed by atoms with Crippen LogP contribution in [0.4, 0.5) is 4.79 Å². The van der Waals surface area contributed by atoms with Gasteiger partial charge in [-0.1, -0.05) is 107 Å². The van der Waals surface area contributed by atoms with E-state index in [0.29, 0.717) is 19.8 Å². The van der Waals surface area contributed by atoms with Crippen molar-refractivity contribution in [3.05, 3.63) is 146 Å². The average molecular weight is 842 g/mol. The number of carbonyl (C=O) groups is 1. The summed E-state index contributed by atoms with van der Waals surface area (Å²) in [6, 6.07) is 37.9. The second-order valence-electron chi connectivity index (χ2n) is 14.3. The molecule has 0 aliphatic heterocycles. The molecule has 6 nitrogen and oxygen atoms in total. The number of unbranched alkanes of at least 4 members (excludes halogenated alkanes) is 3. The molecular formula is C45H47Br2NO5. The number of alkyl carbamates (subject to hydrolysis) is 1. The summed E-state index contributed by atoms with van der Waals surface area (Å²) in [4.78, 5) is 12.0. The lowest BCUT2D eigenvalue weighted by Gasteiger charge is -2.34. The molecular weight excluding hydrogens is 794 g/mol. The highest BCUT2D eigenvalue weighted by Crippen LogP contribution is 2.57. The normalized spacial score (nSPS) is 12.8. The topological polar surface area (TPSA) is 66.0 Å². The molecule has 0 heterocycles. The standard InChI is InChI=1S/C45H47Br2NO5/c1-5-6-7-8-25-50-37-19-11-32(12-20-37)45(41-28-34(46)15-23-39(41)40-24-16-35(47)29-42(40)45)33-13-21-38(22-14-33)52-27-26-51-36-17-9-31(10-18-36)30-48-43(49)53-44(2,3)4/h9-24,28-29H,5-8,25-27,30H2,1-4H3,(H,48,49). The number of ether oxygens (including phenoxy) is 4. The Labute approximate surface area is 330 Å². The molecule has 1 aliphatic rings. The maximum Gasteiger partial charge on any atom is 0.407 e. The fraction of sp³-hybridized carbons (Fsp3) is 0.311. The fourth-order valence-electron chi connectivity index (χ4n) is 6.89. The molecule has 8 heteroatoms. The van der Waals surface area contributed by atoms with Crippen molar-refractivity contribution in [2.45, 2.75) is 70.9 Å². The molecule has 5 aromatic rings. The minimum absolute atomic E-state index is 0.375. The lowest BCUT2D eigenvalue weighted by molar-refractivity contribution is 0.0523. The van der Waals surface area contributed by atoms with E-state index in [-0.39, 0.29) is 0 Å². The first kappa shape index (κ1) is 38.5. The molecule has 6 rings (SSSR count). The smallest absolute Gasteiger partial charge is 0.407 e. The third-order valence-corrected chi connectivity index (χ3v) is 10.3. The molecule has 0 saturated carbocycles. The van der Waals surface area contributed by atoms with Gasteiger partial charge >= 0.3 is 6.09 Å². The molecule has 53 heavy (non-hydrogen) atoms. The first-order chi connectivity index (χ1) is 25.6. The Morgan fingerprint density at radius 3 is 1.57 bits per heavy atom. The first-order valence-corrected chi connectivity index (χ1v) is 19.9. The Kier molecular flexibility index (Phi) is 12.5. The summed E-state index contributed by atoms with van der Waals surface area (Å²) in [6.45, 7) is 9.62. The Morgan fingerprint density at radius 1 is 0.623 bits per heavy atom. The van der Waals surface area contributed by atoms with Crippen molar-refractivity contribution in [1.29, 1.82) is 0 Å². The fourth-order valence-corrected chi connectivity index (χ4v) is 7.61. The second kappa shape index (κ2) is 17.3. The molecule has 0 atom stereocenters. The van der Waals surface area contributed by atoms with Gasteiger partial charge in [-0.25, -0.2) is 4.79 Å². The zero-order valence-electron chi connectivity index (χ0n) is 30.8. The van der Waals surface area contributed by atoms with Crippen molar-refractivity contribution in [2.75, 3.05) is 19.8 Å². The van der Waals surface area contributed by atoms with Crippen LogP contribution in [0.2, 0.25) is 0 Å². The van der Waals surface area contributed by atoms with Crippen LogP contribution in [0.15, 0.2) is 118 Å². The monoisotopic (exact) mass is 839 g/mol. The number of rotatable bonds is 15. The summed E-state index contributed by atoms with van der Waals surface area (Å²) in [5.41, 5.74) is 7.05.